The second-order valence-corrected chi connectivity index (χ2v) is 9.03. The normalized spacial score (nSPS) is 12.1. The SMILES string of the molecule is Cc1ccc2c(c1)sc1ncc(S(=O)(=O)c3ccc(F)c(Cl)c3)c(=O)n12. The van der Waals surface area contributed by atoms with Crippen LogP contribution in [0.25, 0.3) is 15.2 Å². The van der Waals surface area contributed by atoms with E-state index in [1.54, 1.807) is 6.07 Å². The summed E-state index contributed by atoms with van der Waals surface area (Å²) in [6, 6.07) is 8.49. The van der Waals surface area contributed by atoms with E-state index in [-0.39, 0.29) is 9.92 Å². The smallest absolute Gasteiger partial charge is 0.267 e. The number of aromatic nitrogens is 2. The molecule has 0 atom stereocenters. The molecule has 2 aromatic carbocycles. The first-order chi connectivity index (χ1) is 12.3. The van der Waals surface area contributed by atoms with Crippen molar-refractivity contribution in [2.24, 2.45) is 0 Å². The minimum Gasteiger partial charge on any atom is -0.267 e. The van der Waals surface area contributed by atoms with Crippen molar-refractivity contribution in [3.63, 3.8) is 0 Å². The third kappa shape index (κ3) is 2.53. The zero-order valence-corrected chi connectivity index (χ0v) is 15.6. The second-order valence-electron chi connectivity index (χ2n) is 5.70. The number of hydrogen-bond acceptors (Lipinski definition) is 5. The Morgan fingerprint density at radius 3 is 2.69 bits per heavy atom. The van der Waals surface area contributed by atoms with Crippen molar-refractivity contribution in [3.8, 4) is 0 Å². The van der Waals surface area contributed by atoms with Crippen LogP contribution in [0, 0.1) is 12.7 Å². The predicted octanol–water partition coefficient (Wildman–Crippen LogP) is 3.84. The van der Waals surface area contributed by atoms with E-state index in [1.165, 1.54) is 15.7 Å². The highest BCUT2D eigenvalue weighted by Gasteiger charge is 2.25. The number of thiazole rings is 1. The summed E-state index contributed by atoms with van der Waals surface area (Å²) in [7, 11) is -4.20. The summed E-state index contributed by atoms with van der Waals surface area (Å²) >= 11 is 6.98. The lowest BCUT2D eigenvalue weighted by molar-refractivity contribution is 0.593. The number of halogens is 2. The van der Waals surface area contributed by atoms with Gasteiger partial charge in [-0.3, -0.25) is 4.79 Å². The van der Waals surface area contributed by atoms with Gasteiger partial charge in [0, 0.05) is 0 Å². The quantitative estimate of drug-likeness (QED) is 0.472. The summed E-state index contributed by atoms with van der Waals surface area (Å²) < 4.78 is 41.1. The van der Waals surface area contributed by atoms with Gasteiger partial charge in [-0.1, -0.05) is 29.0 Å². The average molecular weight is 409 g/mol. The van der Waals surface area contributed by atoms with Crippen molar-refractivity contribution in [1.82, 2.24) is 9.38 Å². The first-order valence-corrected chi connectivity index (χ1v) is 10.1. The maximum Gasteiger partial charge on any atom is 0.278 e. The van der Waals surface area contributed by atoms with Crippen LogP contribution in [0.15, 0.2) is 57.2 Å². The number of rotatable bonds is 2. The third-order valence-corrected chi connectivity index (χ3v) is 6.99. The van der Waals surface area contributed by atoms with Crippen molar-refractivity contribution >= 4 is 48.0 Å². The molecule has 2 aromatic heterocycles. The predicted molar refractivity (Wildman–Crippen MR) is 98.4 cm³/mol. The van der Waals surface area contributed by atoms with Crippen LogP contribution >= 0.6 is 22.9 Å². The Morgan fingerprint density at radius 1 is 1.19 bits per heavy atom. The number of fused-ring (bicyclic) bond motifs is 3. The molecule has 26 heavy (non-hydrogen) atoms. The molecule has 9 heteroatoms. The molecule has 132 valence electrons. The summed E-state index contributed by atoms with van der Waals surface area (Å²) in [4.78, 5) is 16.7. The van der Waals surface area contributed by atoms with Crippen LogP contribution < -0.4 is 5.56 Å². The Hall–Kier alpha value is -2.29. The van der Waals surface area contributed by atoms with E-state index in [1.807, 2.05) is 19.1 Å². The molecule has 0 aliphatic rings. The zero-order chi connectivity index (χ0) is 18.6. The molecule has 4 aromatic rings. The first-order valence-electron chi connectivity index (χ1n) is 7.40. The van der Waals surface area contributed by atoms with Crippen LogP contribution in [0.1, 0.15) is 5.56 Å². The van der Waals surface area contributed by atoms with E-state index in [9.17, 15) is 17.6 Å². The molecular weight excluding hydrogens is 399 g/mol. The van der Waals surface area contributed by atoms with Gasteiger partial charge in [-0.15, -0.1) is 0 Å². The molecule has 0 aliphatic heterocycles. The van der Waals surface area contributed by atoms with Crippen molar-refractivity contribution in [3.05, 3.63) is 69.4 Å². The average Bonchev–Trinajstić information content (AvgIpc) is 2.95. The Kier molecular flexibility index (Phi) is 3.87. The standard InChI is InChI=1S/C17H10ClFN2O3S2/c1-9-2-5-13-14(6-9)25-17-20-8-15(16(22)21(13)17)26(23,24)10-3-4-12(19)11(18)7-10/h2-8H,1H3. The fourth-order valence-corrected chi connectivity index (χ4v) is 5.27. The number of hydrogen-bond donors (Lipinski definition) is 0. The van der Waals surface area contributed by atoms with E-state index in [2.05, 4.69) is 4.98 Å². The molecule has 0 N–H and O–H groups in total. The minimum absolute atomic E-state index is 0.266. The third-order valence-electron chi connectivity index (χ3n) is 3.95. The van der Waals surface area contributed by atoms with Gasteiger partial charge in [0.15, 0.2) is 9.86 Å². The second kappa shape index (κ2) is 5.87. The van der Waals surface area contributed by atoms with Gasteiger partial charge in [0.2, 0.25) is 9.84 Å². The summed E-state index contributed by atoms with van der Waals surface area (Å²) in [5, 5.41) is -0.336. The molecule has 0 saturated heterocycles. The highest BCUT2D eigenvalue weighted by atomic mass is 35.5. The van der Waals surface area contributed by atoms with E-state index >= 15 is 0 Å². The van der Waals surface area contributed by atoms with Gasteiger partial charge in [-0.2, -0.15) is 0 Å². The van der Waals surface area contributed by atoms with Gasteiger partial charge in [-0.05, 0) is 42.8 Å². The highest BCUT2D eigenvalue weighted by Crippen LogP contribution is 2.27. The van der Waals surface area contributed by atoms with Crippen LogP contribution in [-0.4, -0.2) is 17.8 Å². The van der Waals surface area contributed by atoms with Gasteiger partial charge in [-0.25, -0.2) is 22.2 Å². The monoisotopic (exact) mass is 408 g/mol. The van der Waals surface area contributed by atoms with Crippen molar-refractivity contribution < 1.29 is 12.8 Å². The maximum atomic E-state index is 13.3. The van der Waals surface area contributed by atoms with Gasteiger partial charge >= 0.3 is 0 Å². The lowest BCUT2D eigenvalue weighted by atomic mass is 10.2. The molecule has 0 aliphatic carbocycles. The van der Waals surface area contributed by atoms with Gasteiger partial charge in [0.1, 0.15) is 5.82 Å². The largest absolute Gasteiger partial charge is 0.278 e. The van der Waals surface area contributed by atoms with Crippen LogP contribution in [0.5, 0.6) is 0 Å². The molecule has 0 radical (unpaired) electrons. The number of sulfone groups is 1. The van der Waals surface area contributed by atoms with Crippen LogP contribution in [0.4, 0.5) is 4.39 Å². The molecular formula is C17H10ClFN2O3S2. The lowest BCUT2D eigenvalue weighted by Crippen LogP contribution is -2.22. The fourth-order valence-electron chi connectivity index (χ4n) is 2.65. The molecule has 5 nitrogen and oxygen atoms in total. The number of nitrogens with zero attached hydrogens (tertiary/aromatic N) is 2. The molecule has 0 saturated carbocycles. The molecule has 0 bridgehead atoms. The van der Waals surface area contributed by atoms with Crippen LogP contribution in [-0.2, 0) is 9.84 Å². The van der Waals surface area contributed by atoms with E-state index in [4.69, 9.17) is 11.6 Å². The molecule has 0 spiro atoms. The topological polar surface area (TPSA) is 68.5 Å². The van der Waals surface area contributed by atoms with Crippen molar-refractivity contribution in [2.75, 3.05) is 0 Å². The summed E-state index contributed by atoms with van der Waals surface area (Å²) in [5.74, 6) is -0.741. The molecule has 0 amide bonds. The van der Waals surface area contributed by atoms with E-state index in [0.29, 0.717) is 10.5 Å². The summed E-state index contributed by atoms with van der Waals surface area (Å²) in [5.41, 5.74) is 0.902. The molecule has 2 heterocycles. The molecule has 4 rings (SSSR count). The number of aryl methyl sites for hydroxylation is 1. The van der Waals surface area contributed by atoms with Gasteiger partial charge in [0.25, 0.3) is 5.56 Å². The Balaban J connectivity index is 2.02. The van der Waals surface area contributed by atoms with Crippen molar-refractivity contribution in [1.29, 1.82) is 0 Å². The maximum absolute atomic E-state index is 13.3. The Morgan fingerprint density at radius 2 is 1.96 bits per heavy atom. The fraction of sp³-hybridized carbons (Fsp3) is 0.0588. The van der Waals surface area contributed by atoms with Crippen molar-refractivity contribution in [2.45, 2.75) is 16.7 Å². The van der Waals surface area contributed by atoms with E-state index in [0.717, 1.165) is 34.7 Å². The molecule has 0 unspecified atom stereocenters. The molecule has 0 fully saturated rings. The Bertz CT molecular complexity index is 1360. The lowest BCUT2D eigenvalue weighted by Gasteiger charge is -2.05. The van der Waals surface area contributed by atoms with Gasteiger partial charge < -0.3 is 0 Å². The zero-order valence-electron chi connectivity index (χ0n) is 13.2. The van der Waals surface area contributed by atoms with E-state index < -0.39 is 26.1 Å². The summed E-state index contributed by atoms with van der Waals surface area (Å²) in [6.07, 6.45) is 1.03. The number of benzene rings is 2. The first kappa shape index (κ1) is 17.1. The van der Waals surface area contributed by atoms with Crippen LogP contribution in [0.3, 0.4) is 0 Å². The van der Waals surface area contributed by atoms with Crippen LogP contribution in [0.2, 0.25) is 5.02 Å². The highest BCUT2D eigenvalue weighted by molar-refractivity contribution is 7.91. The van der Waals surface area contributed by atoms with Gasteiger partial charge in [0.05, 0.1) is 26.3 Å². The Labute approximate surface area is 156 Å². The summed E-state index contributed by atoms with van der Waals surface area (Å²) in [6.45, 7) is 1.92. The minimum atomic E-state index is -4.20.